The number of aliphatic hydroxyl groups excluding tert-OH is 1. The molecule has 2 rings (SSSR count). The number of amides is 1. The SMILES string of the molecule is CCCCCCCCCCCCCCCC(=O)N[C@@H](CN1CCOCC1)[C@H](O)c1ccccc1. The van der Waals surface area contributed by atoms with Crippen LogP contribution in [0.15, 0.2) is 30.3 Å². The van der Waals surface area contributed by atoms with Crippen molar-refractivity contribution in [3.05, 3.63) is 35.9 Å². The standard InChI is InChI=1S/C29H50N2O3/c1-2-3-4-5-6-7-8-9-10-11-12-13-17-20-28(32)30-27(25-31-21-23-34-24-22-31)29(33)26-18-15-14-16-19-26/h14-16,18-19,27,29,33H,2-13,17,20-25H2,1H3,(H,30,32)/t27-,29+/m0/s1. The van der Waals surface area contributed by atoms with Crippen LogP contribution in [0.2, 0.25) is 0 Å². The Hall–Kier alpha value is -1.43. The molecule has 5 heteroatoms. The van der Waals surface area contributed by atoms with Gasteiger partial charge in [-0.15, -0.1) is 0 Å². The molecule has 2 atom stereocenters. The minimum absolute atomic E-state index is 0.0521. The van der Waals surface area contributed by atoms with E-state index < -0.39 is 6.10 Å². The van der Waals surface area contributed by atoms with Crippen molar-refractivity contribution in [2.24, 2.45) is 0 Å². The average Bonchev–Trinajstić information content (AvgIpc) is 2.87. The molecule has 1 aliphatic rings. The van der Waals surface area contributed by atoms with Crippen molar-refractivity contribution < 1.29 is 14.6 Å². The van der Waals surface area contributed by atoms with Gasteiger partial charge in [0.15, 0.2) is 0 Å². The van der Waals surface area contributed by atoms with Gasteiger partial charge in [-0.25, -0.2) is 0 Å². The van der Waals surface area contributed by atoms with Gasteiger partial charge >= 0.3 is 0 Å². The quantitative estimate of drug-likeness (QED) is 0.241. The Morgan fingerprint density at radius 2 is 1.41 bits per heavy atom. The van der Waals surface area contributed by atoms with Crippen LogP contribution in [0.5, 0.6) is 0 Å². The first-order valence-corrected chi connectivity index (χ1v) is 14.0. The highest BCUT2D eigenvalue weighted by molar-refractivity contribution is 5.76. The lowest BCUT2D eigenvalue weighted by Crippen LogP contribution is -2.49. The molecule has 0 aromatic heterocycles. The van der Waals surface area contributed by atoms with E-state index in [0.29, 0.717) is 26.2 Å². The number of unbranched alkanes of at least 4 members (excludes halogenated alkanes) is 12. The van der Waals surface area contributed by atoms with Gasteiger partial charge in [0.25, 0.3) is 0 Å². The molecule has 34 heavy (non-hydrogen) atoms. The van der Waals surface area contributed by atoms with E-state index in [1.807, 2.05) is 30.3 Å². The highest BCUT2D eigenvalue weighted by Gasteiger charge is 2.26. The molecule has 0 unspecified atom stereocenters. The molecule has 1 aliphatic heterocycles. The second-order valence-electron chi connectivity index (χ2n) is 9.94. The van der Waals surface area contributed by atoms with Gasteiger partial charge in [0.1, 0.15) is 6.10 Å². The number of carbonyl (C=O) groups is 1. The van der Waals surface area contributed by atoms with E-state index in [-0.39, 0.29) is 11.9 Å². The summed E-state index contributed by atoms with van der Waals surface area (Å²) in [6.07, 6.45) is 16.8. The molecule has 1 amide bonds. The normalized spacial score (nSPS) is 16.3. The van der Waals surface area contributed by atoms with Crippen molar-refractivity contribution >= 4 is 5.91 Å². The van der Waals surface area contributed by atoms with E-state index in [1.165, 1.54) is 70.6 Å². The summed E-state index contributed by atoms with van der Waals surface area (Å²) in [6.45, 7) is 6.01. The lowest BCUT2D eigenvalue weighted by atomic mass is 10.0. The molecule has 1 fully saturated rings. The predicted molar refractivity (Wildman–Crippen MR) is 141 cm³/mol. The van der Waals surface area contributed by atoms with Gasteiger partial charge in [0.2, 0.25) is 5.91 Å². The largest absolute Gasteiger partial charge is 0.386 e. The van der Waals surface area contributed by atoms with Crippen LogP contribution >= 0.6 is 0 Å². The number of carbonyl (C=O) groups excluding carboxylic acids is 1. The van der Waals surface area contributed by atoms with E-state index in [4.69, 9.17) is 4.74 Å². The number of nitrogens with zero attached hydrogens (tertiary/aromatic N) is 1. The first kappa shape index (κ1) is 28.8. The van der Waals surface area contributed by atoms with Crippen LogP contribution in [0.3, 0.4) is 0 Å². The monoisotopic (exact) mass is 474 g/mol. The third kappa shape index (κ3) is 12.9. The molecule has 0 bridgehead atoms. The summed E-state index contributed by atoms with van der Waals surface area (Å²) in [6, 6.07) is 9.35. The second kappa shape index (κ2) is 18.8. The number of aliphatic hydroxyl groups is 1. The molecule has 0 spiro atoms. The van der Waals surface area contributed by atoms with Gasteiger partial charge in [0.05, 0.1) is 19.3 Å². The lowest BCUT2D eigenvalue weighted by molar-refractivity contribution is -0.123. The highest BCUT2D eigenvalue weighted by atomic mass is 16.5. The fourth-order valence-corrected chi connectivity index (χ4v) is 4.75. The van der Waals surface area contributed by atoms with Crippen LogP contribution in [0.1, 0.15) is 108 Å². The molecule has 2 N–H and O–H groups in total. The number of rotatable bonds is 19. The molecule has 194 valence electrons. The number of ether oxygens (including phenoxy) is 1. The van der Waals surface area contributed by atoms with E-state index in [2.05, 4.69) is 17.1 Å². The summed E-state index contributed by atoms with van der Waals surface area (Å²) in [7, 11) is 0. The topological polar surface area (TPSA) is 61.8 Å². The Bertz CT molecular complexity index is 619. The Labute approximate surface area is 208 Å². The zero-order valence-corrected chi connectivity index (χ0v) is 21.7. The van der Waals surface area contributed by atoms with Crippen molar-refractivity contribution in [1.82, 2.24) is 10.2 Å². The number of benzene rings is 1. The van der Waals surface area contributed by atoms with Crippen molar-refractivity contribution in [3.63, 3.8) is 0 Å². The summed E-state index contributed by atoms with van der Waals surface area (Å²) in [4.78, 5) is 14.9. The van der Waals surface area contributed by atoms with Crippen molar-refractivity contribution in [1.29, 1.82) is 0 Å². The van der Waals surface area contributed by atoms with Crippen LogP contribution in [0.4, 0.5) is 0 Å². The van der Waals surface area contributed by atoms with Crippen molar-refractivity contribution in [2.45, 2.75) is 109 Å². The molecule has 0 radical (unpaired) electrons. The summed E-state index contributed by atoms with van der Waals surface area (Å²) in [5, 5.41) is 14.1. The Morgan fingerprint density at radius 1 is 0.882 bits per heavy atom. The van der Waals surface area contributed by atoms with Crippen LogP contribution in [-0.2, 0) is 9.53 Å². The lowest BCUT2D eigenvalue weighted by Gasteiger charge is -2.33. The maximum atomic E-state index is 12.7. The molecule has 1 aromatic carbocycles. The highest BCUT2D eigenvalue weighted by Crippen LogP contribution is 2.19. The van der Waals surface area contributed by atoms with Gasteiger partial charge in [0, 0.05) is 26.1 Å². The maximum Gasteiger partial charge on any atom is 0.220 e. The van der Waals surface area contributed by atoms with Crippen molar-refractivity contribution in [3.8, 4) is 0 Å². The van der Waals surface area contributed by atoms with E-state index >= 15 is 0 Å². The maximum absolute atomic E-state index is 12.7. The smallest absolute Gasteiger partial charge is 0.220 e. The molecule has 0 aliphatic carbocycles. The van der Waals surface area contributed by atoms with Gasteiger partial charge in [-0.2, -0.15) is 0 Å². The Kier molecular flexibility index (Phi) is 16.0. The van der Waals surface area contributed by atoms with Crippen LogP contribution in [0.25, 0.3) is 0 Å². The minimum Gasteiger partial charge on any atom is -0.386 e. The van der Waals surface area contributed by atoms with E-state index in [0.717, 1.165) is 31.5 Å². The number of hydrogen-bond acceptors (Lipinski definition) is 4. The van der Waals surface area contributed by atoms with Crippen LogP contribution in [-0.4, -0.2) is 54.8 Å². The fraction of sp³-hybridized carbons (Fsp3) is 0.759. The molecule has 1 saturated heterocycles. The molecule has 1 aromatic rings. The Morgan fingerprint density at radius 3 is 1.97 bits per heavy atom. The first-order valence-electron chi connectivity index (χ1n) is 14.0. The zero-order valence-electron chi connectivity index (χ0n) is 21.7. The van der Waals surface area contributed by atoms with Crippen molar-refractivity contribution in [2.75, 3.05) is 32.8 Å². The molecular formula is C29H50N2O3. The van der Waals surface area contributed by atoms with Gasteiger partial charge in [-0.3, -0.25) is 9.69 Å². The predicted octanol–water partition coefficient (Wildman–Crippen LogP) is 6.02. The average molecular weight is 475 g/mol. The zero-order chi connectivity index (χ0) is 24.3. The number of hydrogen-bond donors (Lipinski definition) is 2. The number of nitrogens with one attached hydrogen (secondary N) is 1. The third-order valence-corrected chi connectivity index (χ3v) is 6.93. The molecular weight excluding hydrogens is 424 g/mol. The van der Waals surface area contributed by atoms with E-state index in [1.54, 1.807) is 0 Å². The third-order valence-electron chi connectivity index (χ3n) is 6.93. The van der Waals surface area contributed by atoms with Gasteiger partial charge in [-0.1, -0.05) is 114 Å². The first-order chi connectivity index (χ1) is 16.7. The fourth-order valence-electron chi connectivity index (χ4n) is 4.75. The molecule has 1 heterocycles. The summed E-state index contributed by atoms with van der Waals surface area (Å²) in [5.41, 5.74) is 0.849. The summed E-state index contributed by atoms with van der Waals surface area (Å²) < 4.78 is 5.45. The van der Waals surface area contributed by atoms with E-state index in [9.17, 15) is 9.90 Å². The van der Waals surface area contributed by atoms with Gasteiger partial charge < -0.3 is 15.2 Å². The van der Waals surface area contributed by atoms with Gasteiger partial charge in [-0.05, 0) is 12.0 Å². The Balaban J connectivity index is 1.59. The number of morpholine rings is 1. The second-order valence-corrected chi connectivity index (χ2v) is 9.94. The van der Waals surface area contributed by atoms with Crippen LogP contribution in [0, 0.1) is 0 Å². The molecule has 5 nitrogen and oxygen atoms in total. The molecule has 0 saturated carbocycles. The van der Waals surface area contributed by atoms with Crippen LogP contribution < -0.4 is 5.32 Å². The summed E-state index contributed by atoms with van der Waals surface area (Å²) in [5.74, 6) is 0.0521. The minimum atomic E-state index is -0.709. The summed E-state index contributed by atoms with van der Waals surface area (Å²) >= 11 is 0.